The predicted molar refractivity (Wildman–Crippen MR) is 132 cm³/mol. The molecule has 1 fully saturated rings. The number of fused-ring (bicyclic) bond motifs is 3. The number of nitrogens with one attached hydrogen (secondary N) is 1. The Bertz CT molecular complexity index is 1290. The van der Waals surface area contributed by atoms with E-state index in [1.54, 1.807) is 0 Å². The molecule has 2 aliphatic rings. The van der Waals surface area contributed by atoms with Crippen molar-refractivity contribution in [3.63, 3.8) is 0 Å². The molecule has 0 aliphatic carbocycles. The van der Waals surface area contributed by atoms with E-state index in [-0.39, 0.29) is 11.6 Å². The number of aliphatic hydroxyl groups excluding tert-OH is 1. The number of hydrogen-bond acceptors (Lipinski definition) is 6. The Morgan fingerprint density at radius 3 is 2.83 bits per heavy atom. The van der Waals surface area contributed by atoms with E-state index in [1.807, 2.05) is 25.1 Å². The van der Waals surface area contributed by atoms with Crippen LogP contribution in [-0.4, -0.2) is 46.8 Å². The highest BCUT2D eigenvalue weighted by Gasteiger charge is 2.33. The summed E-state index contributed by atoms with van der Waals surface area (Å²) in [6, 6.07) is 10.5. The fourth-order valence-corrected chi connectivity index (χ4v) is 4.92. The van der Waals surface area contributed by atoms with Crippen molar-refractivity contribution in [2.45, 2.75) is 44.8 Å². The third-order valence-corrected chi connectivity index (χ3v) is 6.83. The van der Waals surface area contributed by atoms with Crippen molar-refractivity contribution in [1.82, 2.24) is 9.97 Å². The predicted octanol–water partition coefficient (Wildman–Crippen LogP) is 4.85. The molecule has 7 nitrogen and oxygen atoms in total. The number of anilines is 2. The second kappa shape index (κ2) is 9.55. The Morgan fingerprint density at radius 1 is 1.19 bits per heavy atom. The maximum Gasteiger partial charge on any atom is 0.286 e. The van der Waals surface area contributed by atoms with Crippen molar-refractivity contribution in [3.8, 4) is 11.1 Å². The molecule has 0 bridgehead atoms. The van der Waals surface area contributed by atoms with Crippen LogP contribution in [0.5, 0.6) is 0 Å². The summed E-state index contributed by atoms with van der Waals surface area (Å²) in [5, 5.41) is 13.5. The normalized spacial score (nSPS) is 19.8. The molecule has 0 saturated carbocycles. The van der Waals surface area contributed by atoms with Gasteiger partial charge in [-0.15, -0.1) is 0 Å². The number of halogens is 2. The van der Waals surface area contributed by atoms with Crippen molar-refractivity contribution in [3.05, 3.63) is 71.3 Å². The smallest absolute Gasteiger partial charge is 0.286 e. The van der Waals surface area contributed by atoms with Crippen LogP contribution >= 0.6 is 0 Å². The minimum Gasteiger partial charge on any atom is -0.388 e. The Kier molecular flexibility index (Phi) is 6.44. The van der Waals surface area contributed by atoms with Gasteiger partial charge in [-0.1, -0.05) is 12.1 Å². The number of aromatic nitrogens is 2. The summed E-state index contributed by atoms with van der Waals surface area (Å²) in [6.07, 6.45) is 3.75. The zero-order chi connectivity index (χ0) is 25.4. The lowest BCUT2D eigenvalue weighted by atomic mass is 9.89. The number of hydrogen-bond donors (Lipinski definition) is 2. The van der Waals surface area contributed by atoms with Crippen molar-refractivity contribution in [2.75, 3.05) is 30.0 Å². The zero-order valence-electron chi connectivity index (χ0n) is 20.2. The highest BCUT2D eigenvalue weighted by molar-refractivity contribution is 6.04. The fourth-order valence-electron chi connectivity index (χ4n) is 4.92. The standard InChI is InChI=1S/C27H28F2N4O3/c1-16-22(13-19(15-31-16)32-26(35)18-5-7-30-25(12-18)27(2,28)29)17-3-4-21-23(11-17)33-8-10-36-9-6-20(33)14-24(21)34/h3-5,7,11-13,15,20,24,34H,6,8-10,14H2,1-2H3,(H,32,35)/t20?,24-/m1/s1. The summed E-state index contributed by atoms with van der Waals surface area (Å²) in [7, 11) is 0. The van der Waals surface area contributed by atoms with Crippen LogP contribution < -0.4 is 10.2 Å². The number of pyridine rings is 2. The highest BCUT2D eigenvalue weighted by Crippen LogP contribution is 2.41. The summed E-state index contributed by atoms with van der Waals surface area (Å²) < 4.78 is 33.0. The molecule has 188 valence electrons. The molecule has 5 rings (SSSR count). The number of alkyl halides is 2. The van der Waals surface area contributed by atoms with Gasteiger partial charge in [-0.2, -0.15) is 8.78 Å². The first-order chi connectivity index (χ1) is 17.2. The van der Waals surface area contributed by atoms with E-state index >= 15 is 0 Å². The second-order valence-corrected chi connectivity index (χ2v) is 9.40. The molecule has 0 radical (unpaired) electrons. The summed E-state index contributed by atoms with van der Waals surface area (Å²) >= 11 is 0. The molecule has 1 amide bonds. The largest absolute Gasteiger partial charge is 0.388 e. The number of carbonyl (C=O) groups is 1. The van der Waals surface area contributed by atoms with Crippen molar-refractivity contribution >= 4 is 17.3 Å². The van der Waals surface area contributed by atoms with Gasteiger partial charge in [-0.3, -0.25) is 14.8 Å². The van der Waals surface area contributed by atoms with Crippen LogP contribution in [0.3, 0.4) is 0 Å². The minimum atomic E-state index is -3.15. The van der Waals surface area contributed by atoms with Crippen molar-refractivity contribution in [1.29, 1.82) is 0 Å². The maximum atomic E-state index is 13.7. The SMILES string of the molecule is Cc1ncc(NC(=O)c2ccnc(C(C)(F)F)c2)cc1-c1ccc2c(c1)N1CCOCCC1C[C@H]2O. The number of rotatable bonds is 4. The van der Waals surface area contributed by atoms with Crippen LogP contribution in [0, 0.1) is 6.92 Å². The molecule has 1 unspecified atom stereocenters. The second-order valence-electron chi connectivity index (χ2n) is 9.40. The lowest BCUT2D eigenvalue weighted by Gasteiger charge is -2.39. The fraction of sp³-hybridized carbons (Fsp3) is 0.370. The molecule has 36 heavy (non-hydrogen) atoms. The summed E-state index contributed by atoms with van der Waals surface area (Å²) in [5.74, 6) is -3.67. The highest BCUT2D eigenvalue weighted by atomic mass is 19.3. The van der Waals surface area contributed by atoms with E-state index in [2.05, 4.69) is 26.3 Å². The minimum absolute atomic E-state index is 0.0841. The molecular weight excluding hydrogens is 466 g/mol. The zero-order valence-corrected chi connectivity index (χ0v) is 20.2. The number of benzene rings is 1. The summed E-state index contributed by atoms with van der Waals surface area (Å²) in [6.45, 7) is 4.70. The van der Waals surface area contributed by atoms with Crippen molar-refractivity contribution in [2.24, 2.45) is 0 Å². The molecule has 9 heteroatoms. The molecule has 3 aromatic rings. The molecule has 2 N–H and O–H groups in total. The van der Waals surface area contributed by atoms with Crippen LogP contribution in [0.15, 0.2) is 48.8 Å². The number of carbonyl (C=O) groups excluding carboxylic acids is 1. The number of amides is 1. The lowest BCUT2D eigenvalue weighted by molar-refractivity contribution is 0.0127. The van der Waals surface area contributed by atoms with Crippen LogP contribution in [-0.2, 0) is 10.7 Å². The molecule has 1 aromatic carbocycles. The summed E-state index contributed by atoms with van der Waals surface area (Å²) in [5.41, 5.74) is 4.46. The van der Waals surface area contributed by atoms with E-state index in [0.717, 1.165) is 54.0 Å². The molecule has 4 heterocycles. The molecular formula is C27H28F2N4O3. The van der Waals surface area contributed by atoms with Crippen LogP contribution in [0.25, 0.3) is 11.1 Å². The first-order valence-electron chi connectivity index (χ1n) is 12.0. The van der Waals surface area contributed by atoms with E-state index in [9.17, 15) is 18.7 Å². The molecule has 2 aromatic heterocycles. The van der Waals surface area contributed by atoms with E-state index in [4.69, 9.17) is 4.74 Å². The van der Waals surface area contributed by atoms with Crippen LogP contribution in [0.1, 0.15) is 53.2 Å². The molecule has 2 atom stereocenters. The number of aliphatic hydroxyl groups is 1. The Morgan fingerprint density at radius 2 is 2.03 bits per heavy atom. The topological polar surface area (TPSA) is 87.6 Å². The Hall–Kier alpha value is -3.43. The Balaban J connectivity index is 1.44. The monoisotopic (exact) mass is 494 g/mol. The molecule has 1 saturated heterocycles. The quantitative estimate of drug-likeness (QED) is 0.539. The lowest BCUT2D eigenvalue weighted by Crippen LogP contribution is -2.41. The van der Waals surface area contributed by atoms with E-state index in [0.29, 0.717) is 25.3 Å². The molecule has 0 spiro atoms. The number of aryl methyl sites for hydroxylation is 1. The van der Waals surface area contributed by atoms with Crippen molar-refractivity contribution < 1.29 is 23.4 Å². The van der Waals surface area contributed by atoms with Gasteiger partial charge in [-0.05, 0) is 49.6 Å². The van der Waals surface area contributed by atoms with E-state index < -0.39 is 23.6 Å². The Labute approximate surface area is 208 Å². The van der Waals surface area contributed by atoms with Gasteiger partial charge in [-0.25, -0.2) is 0 Å². The van der Waals surface area contributed by atoms with E-state index in [1.165, 1.54) is 18.5 Å². The molecule has 2 aliphatic heterocycles. The van der Waals surface area contributed by atoms with Gasteiger partial charge in [0.1, 0.15) is 5.69 Å². The van der Waals surface area contributed by atoms with Crippen LogP contribution in [0.2, 0.25) is 0 Å². The number of nitrogens with zero attached hydrogens (tertiary/aromatic N) is 3. The number of ether oxygens (including phenoxy) is 1. The first-order valence-corrected chi connectivity index (χ1v) is 12.0. The van der Waals surface area contributed by atoms with Gasteiger partial charge < -0.3 is 20.1 Å². The maximum absolute atomic E-state index is 13.7. The van der Waals surface area contributed by atoms with Gasteiger partial charge >= 0.3 is 0 Å². The van der Waals surface area contributed by atoms with Gasteiger partial charge in [0.2, 0.25) is 0 Å². The first kappa shape index (κ1) is 24.3. The third-order valence-electron chi connectivity index (χ3n) is 6.83. The van der Waals surface area contributed by atoms with Gasteiger partial charge in [0, 0.05) is 60.4 Å². The third kappa shape index (κ3) is 4.81. The van der Waals surface area contributed by atoms with Crippen LogP contribution in [0.4, 0.5) is 20.2 Å². The van der Waals surface area contributed by atoms with Gasteiger partial charge in [0.05, 0.1) is 24.6 Å². The van der Waals surface area contributed by atoms with Gasteiger partial charge in [0.25, 0.3) is 11.8 Å². The average molecular weight is 495 g/mol. The average Bonchev–Trinajstić information content (AvgIpc) is 3.10. The summed E-state index contributed by atoms with van der Waals surface area (Å²) in [4.78, 5) is 23.2. The van der Waals surface area contributed by atoms with Gasteiger partial charge in [0.15, 0.2) is 0 Å².